The lowest BCUT2D eigenvalue weighted by molar-refractivity contribution is -0.133. The lowest BCUT2D eigenvalue weighted by Crippen LogP contribution is -2.49. The van der Waals surface area contributed by atoms with Gasteiger partial charge in [-0.05, 0) is 31.7 Å². The first kappa shape index (κ1) is 14.4. The van der Waals surface area contributed by atoms with Gasteiger partial charge in [-0.1, -0.05) is 0 Å². The minimum Gasteiger partial charge on any atom is -0.352 e. The molecule has 1 aromatic rings. The number of aromatic nitrogens is 2. The van der Waals surface area contributed by atoms with E-state index >= 15 is 0 Å². The standard InChI is InChI=1S/C13H21N5O2/c14-13(20)15-10-12(19)18-8-2-1-4-11(18)5-9-17-7-3-6-16-17/h3,6-7,11H,1-2,4-5,8-10H2,(H3,14,15,20). The molecular weight excluding hydrogens is 258 g/mol. The summed E-state index contributed by atoms with van der Waals surface area (Å²) in [6.45, 7) is 1.53. The summed E-state index contributed by atoms with van der Waals surface area (Å²) in [5.41, 5.74) is 5.00. The van der Waals surface area contributed by atoms with Gasteiger partial charge in [0.25, 0.3) is 0 Å². The predicted octanol–water partition coefficient (Wildman–Crippen LogP) is 0.323. The summed E-state index contributed by atoms with van der Waals surface area (Å²) in [6.07, 6.45) is 7.70. The minimum absolute atomic E-state index is 0.0202. The molecule has 7 nitrogen and oxygen atoms in total. The first-order valence-corrected chi connectivity index (χ1v) is 6.97. The maximum Gasteiger partial charge on any atom is 0.312 e. The number of rotatable bonds is 5. The lowest BCUT2D eigenvalue weighted by atomic mass is 9.99. The van der Waals surface area contributed by atoms with Crippen molar-refractivity contribution in [2.24, 2.45) is 5.73 Å². The van der Waals surface area contributed by atoms with Crippen LogP contribution in [0.25, 0.3) is 0 Å². The number of nitrogens with one attached hydrogen (secondary N) is 1. The van der Waals surface area contributed by atoms with Gasteiger partial charge in [0.1, 0.15) is 0 Å². The van der Waals surface area contributed by atoms with E-state index in [1.54, 1.807) is 6.20 Å². The molecule has 110 valence electrons. The van der Waals surface area contributed by atoms with Crippen LogP contribution < -0.4 is 11.1 Å². The van der Waals surface area contributed by atoms with Crippen LogP contribution in [0.3, 0.4) is 0 Å². The summed E-state index contributed by atoms with van der Waals surface area (Å²) in [4.78, 5) is 24.6. The van der Waals surface area contributed by atoms with Crippen LogP contribution in [-0.4, -0.2) is 45.8 Å². The average molecular weight is 279 g/mol. The molecule has 1 aliphatic heterocycles. The number of nitrogens with two attached hydrogens (primary N) is 1. The molecule has 1 fully saturated rings. The van der Waals surface area contributed by atoms with Crippen molar-refractivity contribution in [3.05, 3.63) is 18.5 Å². The highest BCUT2D eigenvalue weighted by atomic mass is 16.2. The Balaban J connectivity index is 1.87. The summed E-state index contributed by atoms with van der Waals surface area (Å²) in [6, 6.07) is 1.44. The van der Waals surface area contributed by atoms with Crippen molar-refractivity contribution in [1.29, 1.82) is 0 Å². The zero-order chi connectivity index (χ0) is 14.4. The van der Waals surface area contributed by atoms with Gasteiger partial charge in [0.2, 0.25) is 5.91 Å². The van der Waals surface area contributed by atoms with Gasteiger partial charge in [0, 0.05) is 31.5 Å². The molecule has 1 atom stereocenters. The van der Waals surface area contributed by atoms with Crippen molar-refractivity contribution in [2.45, 2.75) is 38.3 Å². The van der Waals surface area contributed by atoms with Gasteiger partial charge in [-0.15, -0.1) is 0 Å². The third-order valence-electron chi connectivity index (χ3n) is 3.61. The number of piperidine rings is 1. The molecule has 0 aromatic carbocycles. The second kappa shape index (κ2) is 6.93. The number of nitrogens with zero attached hydrogens (tertiary/aromatic N) is 3. The summed E-state index contributed by atoms with van der Waals surface area (Å²) in [5.74, 6) is -0.0611. The zero-order valence-electron chi connectivity index (χ0n) is 11.5. The van der Waals surface area contributed by atoms with E-state index in [2.05, 4.69) is 10.4 Å². The average Bonchev–Trinajstić information content (AvgIpc) is 2.96. The van der Waals surface area contributed by atoms with Gasteiger partial charge in [-0.25, -0.2) is 4.79 Å². The van der Waals surface area contributed by atoms with Crippen LogP contribution >= 0.6 is 0 Å². The van der Waals surface area contributed by atoms with E-state index in [0.717, 1.165) is 38.8 Å². The Morgan fingerprint density at radius 2 is 2.25 bits per heavy atom. The smallest absolute Gasteiger partial charge is 0.312 e. The van der Waals surface area contributed by atoms with Gasteiger partial charge in [0.05, 0.1) is 6.54 Å². The molecule has 3 amide bonds. The van der Waals surface area contributed by atoms with Gasteiger partial charge in [-0.3, -0.25) is 9.48 Å². The number of likely N-dealkylation sites (tertiary alicyclic amines) is 1. The van der Waals surface area contributed by atoms with Gasteiger partial charge < -0.3 is 16.0 Å². The quantitative estimate of drug-likeness (QED) is 0.813. The van der Waals surface area contributed by atoms with Crippen LogP contribution in [-0.2, 0) is 11.3 Å². The Hall–Kier alpha value is -2.05. The van der Waals surface area contributed by atoms with Crippen molar-refractivity contribution in [3.63, 3.8) is 0 Å². The van der Waals surface area contributed by atoms with Gasteiger partial charge >= 0.3 is 6.03 Å². The number of hydrogen-bond acceptors (Lipinski definition) is 3. The molecule has 0 radical (unpaired) electrons. The number of aryl methyl sites for hydroxylation is 1. The molecule has 7 heteroatoms. The van der Waals surface area contributed by atoms with Crippen molar-refractivity contribution in [3.8, 4) is 0 Å². The normalized spacial score (nSPS) is 18.8. The van der Waals surface area contributed by atoms with Crippen molar-refractivity contribution >= 4 is 11.9 Å². The van der Waals surface area contributed by atoms with E-state index in [9.17, 15) is 9.59 Å². The number of amides is 3. The highest BCUT2D eigenvalue weighted by Gasteiger charge is 2.26. The number of carbonyl (C=O) groups is 2. The molecule has 1 aliphatic rings. The molecule has 1 unspecified atom stereocenters. The molecule has 0 saturated carbocycles. The predicted molar refractivity (Wildman–Crippen MR) is 73.8 cm³/mol. The number of primary amides is 1. The van der Waals surface area contributed by atoms with Gasteiger partial charge in [0.15, 0.2) is 0 Å². The topological polar surface area (TPSA) is 93.2 Å². The molecule has 3 N–H and O–H groups in total. The van der Waals surface area contributed by atoms with Crippen molar-refractivity contribution in [1.82, 2.24) is 20.0 Å². The second-order valence-corrected chi connectivity index (χ2v) is 5.01. The first-order chi connectivity index (χ1) is 9.66. The number of hydrogen-bond donors (Lipinski definition) is 2. The van der Waals surface area contributed by atoms with Crippen LogP contribution in [0.4, 0.5) is 4.79 Å². The zero-order valence-corrected chi connectivity index (χ0v) is 11.5. The molecule has 20 heavy (non-hydrogen) atoms. The summed E-state index contributed by atoms with van der Waals surface area (Å²) < 4.78 is 1.87. The molecule has 1 saturated heterocycles. The molecule has 0 aliphatic carbocycles. The van der Waals surface area contributed by atoms with E-state index in [0.29, 0.717) is 0 Å². The van der Waals surface area contributed by atoms with E-state index in [1.807, 2.05) is 21.8 Å². The van der Waals surface area contributed by atoms with Crippen LogP contribution in [0.1, 0.15) is 25.7 Å². The largest absolute Gasteiger partial charge is 0.352 e. The van der Waals surface area contributed by atoms with Gasteiger partial charge in [-0.2, -0.15) is 5.10 Å². The number of urea groups is 1. The Morgan fingerprint density at radius 3 is 2.95 bits per heavy atom. The Labute approximate surface area is 118 Å². The Bertz CT molecular complexity index is 446. The monoisotopic (exact) mass is 279 g/mol. The molecule has 0 bridgehead atoms. The molecule has 2 heterocycles. The highest BCUT2D eigenvalue weighted by molar-refractivity contribution is 5.83. The summed E-state index contributed by atoms with van der Waals surface area (Å²) in [5, 5.41) is 6.53. The highest BCUT2D eigenvalue weighted by Crippen LogP contribution is 2.20. The van der Waals surface area contributed by atoms with E-state index in [1.165, 1.54) is 0 Å². The maximum atomic E-state index is 12.1. The third kappa shape index (κ3) is 3.97. The van der Waals surface area contributed by atoms with E-state index < -0.39 is 6.03 Å². The molecule has 0 spiro atoms. The molecular formula is C13H21N5O2. The fourth-order valence-electron chi connectivity index (χ4n) is 2.61. The summed E-state index contributed by atoms with van der Waals surface area (Å²) >= 11 is 0. The van der Waals surface area contributed by atoms with Crippen LogP contribution in [0.2, 0.25) is 0 Å². The van der Waals surface area contributed by atoms with Crippen molar-refractivity contribution < 1.29 is 9.59 Å². The minimum atomic E-state index is -0.663. The van der Waals surface area contributed by atoms with Crippen LogP contribution in [0, 0.1) is 0 Å². The first-order valence-electron chi connectivity index (χ1n) is 6.97. The van der Waals surface area contributed by atoms with E-state index in [-0.39, 0.29) is 18.5 Å². The lowest BCUT2D eigenvalue weighted by Gasteiger charge is -2.36. The summed E-state index contributed by atoms with van der Waals surface area (Å²) in [7, 11) is 0. The third-order valence-corrected chi connectivity index (χ3v) is 3.61. The number of carbonyl (C=O) groups excluding carboxylic acids is 2. The maximum absolute atomic E-state index is 12.1. The van der Waals surface area contributed by atoms with Crippen LogP contribution in [0.5, 0.6) is 0 Å². The fourth-order valence-corrected chi connectivity index (χ4v) is 2.61. The second-order valence-electron chi connectivity index (χ2n) is 5.01. The Kier molecular flexibility index (Phi) is 4.97. The molecule has 1 aromatic heterocycles. The fraction of sp³-hybridized carbons (Fsp3) is 0.615. The van der Waals surface area contributed by atoms with Crippen molar-refractivity contribution in [2.75, 3.05) is 13.1 Å². The SMILES string of the molecule is NC(=O)NCC(=O)N1CCCCC1CCn1cccn1. The van der Waals surface area contributed by atoms with Crippen LogP contribution in [0.15, 0.2) is 18.5 Å². The van der Waals surface area contributed by atoms with E-state index in [4.69, 9.17) is 5.73 Å². The molecule has 2 rings (SSSR count). The Morgan fingerprint density at radius 1 is 1.40 bits per heavy atom.